The molecule has 0 N–H and O–H groups in total. The predicted octanol–water partition coefficient (Wildman–Crippen LogP) is 1.22. The van der Waals surface area contributed by atoms with Gasteiger partial charge >= 0.3 is 0 Å². The number of sulfonamides is 1. The van der Waals surface area contributed by atoms with E-state index >= 15 is 0 Å². The zero-order valence-electron chi connectivity index (χ0n) is 10.5. The maximum Gasteiger partial charge on any atom is 0.244 e. The summed E-state index contributed by atoms with van der Waals surface area (Å²) in [7, 11) is -2.12. The third-order valence-corrected chi connectivity index (χ3v) is 4.56. The lowest BCUT2D eigenvalue weighted by Crippen LogP contribution is -2.34. The quantitative estimate of drug-likeness (QED) is 0.777. The van der Waals surface area contributed by atoms with Crippen LogP contribution in [0.15, 0.2) is 29.2 Å². The molecule has 0 saturated heterocycles. The molecule has 6 heteroatoms. The maximum absolute atomic E-state index is 12.4. The first kappa shape index (κ1) is 14.6. The van der Waals surface area contributed by atoms with Crippen LogP contribution in [0.5, 0.6) is 0 Å². The molecule has 18 heavy (non-hydrogen) atoms. The molecular weight excluding hydrogens is 252 g/mol. The van der Waals surface area contributed by atoms with E-state index in [-0.39, 0.29) is 17.0 Å². The normalized spacial score (nSPS) is 11.4. The highest BCUT2D eigenvalue weighted by Crippen LogP contribution is 2.19. The fourth-order valence-corrected chi connectivity index (χ4v) is 3.14. The van der Waals surface area contributed by atoms with Gasteiger partial charge in [0.2, 0.25) is 10.0 Å². The van der Waals surface area contributed by atoms with E-state index in [0.29, 0.717) is 13.2 Å². The molecular formula is C12H16N2O3S. The van der Waals surface area contributed by atoms with Gasteiger partial charge < -0.3 is 4.74 Å². The van der Waals surface area contributed by atoms with Gasteiger partial charge in [0.1, 0.15) is 6.07 Å². The second-order valence-corrected chi connectivity index (χ2v) is 5.50. The molecule has 5 nitrogen and oxygen atoms in total. The molecule has 1 rings (SSSR count). The van der Waals surface area contributed by atoms with E-state index in [2.05, 4.69) is 0 Å². The molecule has 0 aromatic heterocycles. The van der Waals surface area contributed by atoms with Crippen LogP contribution >= 0.6 is 0 Å². The monoisotopic (exact) mass is 268 g/mol. The molecule has 0 amide bonds. The van der Waals surface area contributed by atoms with Crippen LogP contribution in [0.25, 0.3) is 0 Å². The minimum atomic E-state index is -3.64. The number of ether oxygens (including phenoxy) is 1. The summed E-state index contributed by atoms with van der Waals surface area (Å²) in [6.45, 7) is 2.69. The first-order chi connectivity index (χ1) is 8.57. The zero-order chi connectivity index (χ0) is 13.6. The molecule has 0 saturated carbocycles. The Morgan fingerprint density at radius 1 is 1.39 bits per heavy atom. The Bertz CT molecular complexity index is 534. The number of benzene rings is 1. The molecule has 1 aromatic rings. The van der Waals surface area contributed by atoms with Gasteiger partial charge in [-0.1, -0.05) is 19.1 Å². The standard InChI is InChI=1S/C12H16N2O3S/c1-3-14(8-9-17-2)18(15,16)12-7-5-4-6-11(12)10-13/h4-7H,3,8-9H2,1-2H3. The predicted molar refractivity (Wildman–Crippen MR) is 67.5 cm³/mol. The van der Waals surface area contributed by atoms with Crippen LogP contribution in [0.2, 0.25) is 0 Å². The van der Waals surface area contributed by atoms with Gasteiger partial charge in [-0.2, -0.15) is 9.57 Å². The molecule has 0 bridgehead atoms. The summed E-state index contributed by atoms with van der Waals surface area (Å²) in [5.74, 6) is 0. The van der Waals surface area contributed by atoms with Gasteiger partial charge in [-0.15, -0.1) is 0 Å². The molecule has 0 aliphatic heterocycles. The number of likely N-dealkylation sites (N-methyl/N-ethyl adjacent to an activating group) is 1. The van der Waals surface area contributed by atoms with Crippen LogP contribution in [-0.2, 0) is 14.8 Å². The van der Waals surface area contributed by atoms with Gasteiger partial charge in [-0.05, 0) is 12.1 Å². The van der Waals surface area contributed by atoms with Gasteiger partial charge in [-0.3, -0.25) is 0 Å². The molecule has 1 aromatic carbocycles. The summed E-state index contributed by atoms with van der Waals surface area (Å²) in [5.41, 5.74) is 0.161. The molecule has 0 radical (unpaired) electrons. The zero-order valence-corrected chi connectivity index (χ0v) is 11.3. The van der Waals surface area contributed by atoms with E-state index in [0.717, 1.165) is 0 Å². The van der Waals surface area contributed by atoms with Crippen molar-refractivity contribution < 1.29 is 13.2 Å². The van der Waals surface area contributed by atoms with E-state index in [1.54, 1.807) is 19.1 Å². The molecule has 0 unspecified atom stereocenters. The second-order valence-electron chi connectivity index (χ2n) is 3.60. The Labute approximate surface area is 108 Å². The second kappa shape index (κ2) is 6.50. The highest BCUT2D eigenvalue weighted by atomic mass is 32.2. The number of rotatable bonds is 6. The number of nitrogens with zero attached hydrogens (tertiary/aromatic N) is 2. The Kier molecular flexibility index (Phi) is 5.28. The Hall–Kier alpha value is -1.42. The molecule has 0 heterocycles. The van der Waals surface area contributed by atoms with Crippen molar-refractivity contribution in [3.05, 3.63) is 29.8 Å². The fraction of sp³-hybridized carbons (Fsp3) is 0.417. The summed E-state index contributed by atoms with van der Waals surface area (Å²) in [6, 6.07) is 8.10. The summed E-state index contributed by atoms with van der Waals surface area (Å²) in [5, 5.41) is 8.95. The maximum atomic E-state index is 12.4. The van der Waals surface area contributed by atoms with Gasteiger partial charge in [0, 0.05) is 20.2 Å². The number of nitriles is 1. The number of methoxy groups -OCH3 is 1. The van der Waals surface area contributed by atoms with E-state index in [1.165, 1.54) is 23.5 Å². The SMILES string of the molecule is CCN(CCOC)S(=O)(=O)c1ccccc1C#N. The first-order valence-electron chi connectivity index (χ1n) is 5.56. The van der Waals surface area contributed by atoms with E-state index in [9.17, 15) is 8.42 Å². The molecule has 0 aliphatic carbocycles. The summed E-state index contributed by atoms with van der Waals surface area (Å²) in [6.07, 6.45) is 0. The average Bonchev–Trinajstić information content (AvgIpc) is 2.39. The third-order valence-electron chi connectivity index (χ3n) is 2.52. The van der Waals surface area contributed by atoms with E-state index in [4.69, 9.17) is 10.00 Å². The van der Waals surface area contributed by atoms with Crippen LogP contribution in [0.1, 0.15) is 12.5 Å². The lowest BCUT2D eigenvalue weighted by atomic mass is 10.2. The van der Waals surface area contributed by atoms with Gasteiger partial charge in [0.25, 0.3) is 0 Å². The van der Waals surface area contributed by atoms with Crippen LogP contribution in [0, 0.1) is 11.3 Å². The van der Waals surface area contributed by atoms with Crippen LogP contribution < -0.4 is 0 Å². The smallest absolute Gasteiger partial charge is 0.244 e. The Morgan fingerprint density at radius 2 is 2.06 bits per heavy atom. The van der Waals surface area contributed by atoms with E-state index in [1.807, 2.05) is 6.07 Å². The van der Waals surface area contributed by atoms with E-state index < -0.39 is 10.0 Å². The highest BCUT2D eigenvalue weighted by molar-refractivity contribution is 7.89. The summed E-state index contributed by atoms with van der Waals surface area (Å²) < 4.78 is 30.9. The number of hydrogen-bond donors (Lipinski definition) is 0. The molecule has 0 atom stereocenters. The minimum Gasteiger partial charge on any atom is -0.383 e. The van der Waals surface area contributed by atoms with Crippen LogP contribution in [0.4, 0.5) is 0 Å². The molecule has 0 aliphatic rings. The molecule has 0 fully saturated rings. The van der Waals surface area contributed by atoms with Crippen molar-refractivity contribution in [3.8, 4) is 6.07 Å². The van der Waals surface area contributed by atoms with Crippen LogP contribution in [-0.4, -0.2) is 39.5 Å². The topological polar surface area (TPSA) is 70.4 Å². The molecule has 0 spiro atoms. The summed E-state index contributed by atoms with van der Waals surface area (Å²) in [4.78, 5) is 0.0467. The van der Waals surface area contributed by atoms with Crippen molar-refractivity contribution in [2.24, 2.45) is 0 Å². The van der Waals surface area contributed by atoms with Crippen molar-refractivity contribution in [2.45, 2.75) is 11.8 Å². The van der Waals surface area contributed by atoms with Gasteiger partial charge in [-0.25, -0.2) is 8.42 Å². The molecule has 98 valence electrons. The lowest BCUT2D eigenvalue weighted by Gasteiger charge is -2.20. The van der Waals surface area contributed by atoms with Gasteiger partial charge in [0.15, 0.2) is 0 Å². The van der Waals surface area contributed by atoms with Crippen molar-refractivity contribution in [1.29, 1.82) is 5.26 Å². The number of hydrogen-bond acceptors (Lipinski definition) is 4. The largest absolute Gasteiger partial charge is 0.383 e. The van der Waals surface area contributed by atoms with Crippen molar-refractivity contribution >= 4 is 10.0 Å². The fourth-order valence-electron chi connectivity index (χ4n) is 1.56. The highest BCUT2D eigenvalue weighted by Gasteiger charge is 2.25. The van der Waals surface area contributed by atoms with Crippen LogP contribution in [0.3, 0.4) is 0 Å². The Morgan fingerprint density at radius 3 is 2.61 bits per heavy atom. The van der Waals surface area contributed by atoms with Gasteiger partial charge in [0.05, 0.1) is 17.1 Å². The summed E-state index contributed by atoms with van der Waals surface area (Å²) >= 11 is 0. The minimum absolute atomic E-state index is 0.0467. The van der Waals surface area contributed by atoms with Crippen molar-refractivity contribution in [1.82, 2.24) is 4.31 Å². The lowest BCUT2D eigenvalue weighted by molar-refractivity contribution is 0.180. The third kappa shape index (κ3) is 3.07. The first-order valence-corrected chi connectivity index (χ1v) is 7.00. The van der Waals surface area contributed by atoms with Crippen molar-refractivity contribution in [2.75, 3.05) is 26.8 Å². The van der Waals surface area contributed by atoms with Crippen molar-refractivity contribution in [3.63, 3.8) is 0 Å². The Balaban J connectivity index is 3.15. The average molecular weight is 268 g/mol.